The molecule has 1 amide bonds. The second-order valence-electron chi connectivity index (χ2n) is 5.30. The highest BCUT2D eigenvalue weighted by Gasteiger charge is 2.42. The quantitative estimate of drug-likeness (QED) is 0.879. The molecule has 0 saturated carbocycles. The maximum absolute atomic E-state index is 12.8. The SMILES string of the molecule is O=C(c1ccc2cn[nH]c2c1)N1CCCC(C(F)(F)F)C1. The van der Waals surface area contributed by atoms with Gasteiger partial charge in [-0.05, 0) is 25.0 Å². The van der Waals surface area contributed by atoms with Crippen molar-refractivity contribution in [1.29, 1.82) is 0 Å². The van der Waals surface area contributed by atoms with Crippen molar-refractivity contribution in [3.63, 3.8) is 0 Å². The van der Waals surface area contributed by atoms with Gasteiger partial charge in [0.15, 0.2) is 0 Å². The molecule has 112 valence electrons. The number of carbonyl (C=O) groups excluding carboxylic acids is 1. The van der Waals surface area contributed by atoms with E-state index in [0.717, 1.165) is 5.39 Å². The predicted octanol–water partition coefficient (Wildman–Crippen LogP) is 2.98. The Morgan fingerprint density at radius 2 is 2.19 bits per heavy atom. The van der Waals surface area contributed by atoms with Crippen molar-refractivity contribution in [3.8, 4) is 0 Å². The fraction of sp³-hybridized carbons (Fsp3) is 0.429. The van der Waals surface area contributed by atoms with Crippen LogP contribution in [0.5, 0.6) is 0 Å². The van der Waals surface area contributed by atoms with Crippen LogP contribution in [-0.2, 0) is 0 Å². The average Bonchev–Trinajstić information content (AvgIpc) is 2.93. The molecule has 0 spiro atoms. The van der Waals surface area contributed by atoms with Crippen molar-refractivity contribution in [1.82, 2.24) is 15.1 Å². The van der Waals surface area contributed by atoms with Gasteiger partial charge in [0.2, 0.25) is 0 Å². The second-order valence-corrected chi connectivity index (χ2v) is 5.30. The minimum absolute atomic E-state index is 0.0901. The molecule has 3 rings (SSSR count). The first-order valence-corrected chi connectivity index (χ1v) is 6.74. The van der Waals surface area contributed by atoms with Crippen LogP contribution in [-0.4, -0.2) is 40.3 Å². The van der Waals surface area contributed by atoms with Crippen LogP contribution >= 0.6 is 0 Å². The molecule has 1 aromatic carbocycles. The number of nitrogens with one attached hydrogen (secondary N) is 1. The van der Waals surface area contributed by atoms with Gasteiger partial charge in [-0.25, -0.2) is 0 Å². The van der Waals surface area contributed by atoms with Gasteiger partial charge in [0.05, 0.1) is 17.6 Å². The molecule has 2 heterocycles. The minimum atomic E-state index is -4.24. The normalized spacial score (nSPS) is 20.0. The molecule has 1 aliphatic heterocycles. The smallest absolute Gasteiger partial charge is 0.338 e. The summed E-state index contributed by atoms with van der Waals surface area (Å²) in [5.74, 6) is -1.79. The monoisotopic (exact) mass is 297 g/mol. The summed E-state index contributed by atoms with van der Waals surface area (Å²) in [5, 5.41) is 7.47. The summed E-state index contributed by atoms with van der Waals surface area (Å²) < 4.78 is 38.4. The lowest BCUT2D eigenvalue weighted by Gasteiger charge is -2.33. The largest absolute Gasteiger partial charge is 0.393 e. The number of carbonyl (C=O) groups is 1. The van der Waals surface area contributed by atoms with E-state index in [9.17, 15) is 18.0 Å². The van der Waals surface area contributed by atoms with Gasteiger partial charge in [0, 0.05) is 24.0 Å². The Balaban J connectivity index is 1.80. The molecular formula is C14H14F3N3O. The van der Waals surface area contributed by atoms with Gasteiger partial charge < -0.3 is 4.90 Å². The summed E-state index contributed by atoms with van der Waals surface area (Å²) in [4.78, 5) is 13.7. The molecule has 21 heavy (non-hydrogen) atoms. The van der Waals surface area contributed by atoms with Gasteiger partial charge in [-0.3, -0.25) is 9.89 Å². The van der Waals surface area contributed by atoms with E-state index in [4.69, 9.17) is 0 Å². The Morgan fingerprint density at radius 1 is 1.38 bits per heavy atom. The summed E-state index contributed by atoms with van der Waals surface area (Å²) in [5.41, 5.74) is 1.08. The lowest BCUT2D eigenvalue weighted by molar-refractivity contribution is -0.184. The number of fused-ring (bicyclic) bond motifs is 1. The van der Waals surface area contributed by atoms with Crippen LogP contribution < -0.4 is 0 Å². The molecule has 1 aliphatic rings. The molecule has 4 nitrogen and oxygen atoms in total. The zero-order valence-electron chi connectivity index (χ0n) is 11.2. The van der Waals surface area contributed by atoms with Crippen LogP contribution in [0.3, 0.4) is 0 Å². The van der Waals surface area contributed by atoms with Crippen LogP contribution in [0.2, 0.25) is 0 Å². The first-order valence-electron chi connectivity index (χ1n) is 6.74. The van der Waals surface area contributed by atoms with Gasteiger partial charge in [0.1, 0.15) is 0 Å². The molecule has 1 fully saturated rings. The molecule has 1 saturated heterocycles. The van der Waals surface area contributed by atoms with E-state index in [1.165, 1.54) is 4.90 Å². The molecular weight excluding hydrogens is 283 g/mol. The number of rotatable bonds is 1. The highest BCUT2D eigenvalue weighted by atomic mass is 19.4. The van der Waals surface area contributed by atoms with Gasteiger partial charge in [-0.15, -0.1) is 0 Å². The van der Waals surface area contributed by atoms with Gasteiger partial charge in [-0.2, -0.15) is 18.3 Å². The minimum Gasteiger partial charge on any atom is -0.338 e. The number of halogens is 3. The summed E-state index contributed by atoms with van der Waals surface area (Å²) in [7, 11) is 0. The topological polar surface area (TPSA) is 49.0 Å². The lowest BCUT2D eigenvalue weighted by atomic mass is 9.97. The maximum atomic E-state index is 12.8. The Kier molecular flexibility index (Phi) is 3.35. The number of piperidine rings is 1. The number of hydrogen-bond acceptors (Lipinski definition) is 2. The van der Waals surface area contributed by atoms with Crippen molar-refractivity contribution >= 4 is 16.8 Å². The number of likely N-dealkylation sites (tertiary alicyclic amines) is 1. The van der Waals surface area contributed by atoms with Crippen molar-refractivity contribution in [2.24, 2.45) is 5.92 Å². The third-order valence-corrected chi connectivity index (χ3v) is 3.86. The number of amides is 1. The number of benzene rings is 1. The highest BCUT2D eigenvalue weighted by Crippen LogP contribution is 2.33. The summed E-state index contributed by atoms with van der Waals surface area (Å²) in [6, 6.07) is 4.98. The van der Waals surface area contributed by atoms with E-state index in [-0.39, 0.29) is 18.9 Å². The third kappa shape index (κ3) is 2.72. The van der Waals surface area contributed by atoms with E-state index >= 15 is 0 Å². The number of alkyl halides is 3. The molecule has 0 aliphatic carbocycles. The highest BCUT2D eigenvalue weighted by molar-refractivity contribution is 5.97. The number of hydrogen-bond donors (Lipinski definition) is 1. The number of aromatic amines is 1. The molecule has 0 bridgehead atoms. The van der Waals surface area contributed by atoms with Crippen LogP contribution in [0.15, 0.2) is 24.4 Å². The lowest BCUT2D eigenvalue weighted by Crippen LogP contribution is -2.44. The van der Waals surface area contributed by atoms with Crippen molar-refractivity contribution in [2.45, 2.75) is 19.0 Å². The third-order valence-electron chi connectivity index (χ3n) is 3.86. The first-order chi connectivity index (χ1) is 9.95. The fourth-order valence-corrected chi connectivity index (χ4v) is 2.68. The van der Waals surface area contributed by atoms with Gasteiger partial charge >= 0.3 is 6.18 Å². The average molecular weight is 297 g/mol. The zero-order valence-corrected chi connectivity index (χ0v) is 11.2. The summed E-state index contributed by atoms with van der Waals surface area (Å²) in [6.45, 7) is 0.107. The van der Waals surface area contributed by atoms with Crippen LogP contribution in [0.4, 0.5) is 13.2 Å². The molecule has 1 aromatic heterocycles. The van der Waals surface area contributed by atoms with E-state index in [2.05, 4.69) is 10.2 Å². The van der Waals surface area contributed by atoms with Crippen LogP contribution in [0.1, 0.15) is 23.2 Å². The van der Waals surface area contributed by atoms with Crippen LogP contribution in [0, 0.1) is 5.92 Å². The Hall–Kier alpha value is -2.05. The Bertz CT molecular complexity index is 665. The van der Waals surface area contributed by atoms with E-state index in [1.54, 1.807) is 24.4 Å². The number of nitrogens with zero attached hydrogens (tertiary/aromatic N) is 2. The van der Waals surface area contributed by atoms with Crippen molar-refractivity contribution in [2.75, 3.05) is 13.1 Å². The van der Waals surface area contributed by atoms with E-state index in [1.807, 2.05) is 0 Å². The first kappa shape index (κ1) is 13.9. The Morgan fingerprint density at radius 3 is 2.95 bits per heavy atom. The number of aromatic nitrogens is 2. The summed E-state index contributed by atoms with van der Waals surface area (Å²) in [6.07, 6.45) is -2.15. The fourth-order valence-electron chi connectivity index (χ4n) is 2.68. The summed E-state index contributed by atoms with van der Waals surface area (Å²) >= 11 is 0. The number of H-pyrrole nitrogens is 1. The molecule has 7 heteroatoms. The van der Waals surface area contributed by atoms with Gasteiger partial charge in [0.25, 0.3) is 5.91 Å². The predicted molar refractivity (Wildman–Crippen MR) is 70.8 cm³/mol. The zero-order chi connectivity index (χ0) is 15.0. The molecule has 2 aromatic rings. The molecule has 0 radical (unpaired) electrons. The second kappa shape index (κ2) is 5.05. The van der Waals surface area contributed by atoms with E-state index < -0.39 is 12.1 Å². The van der Waals surface area contributed by atoms with E-state index in [0.29, 0.717) is 24.0 Å². The standard InChI is InChI=1S/C14H14F3N3O/c15-14(16,17)11-2-1-5-20(8-11)13(21)9-3-4-10-7-18-19-12(10)6-9/h3-4,6-7,11H,1-2,5,8H2,(H,18,19). The van der Waals surface area contributed by atoms with Gasteiger partial charge in [-0.1, -0.05) is 6.07 Å². The van der Waals surface area contributed by atoms with Crippen molar-refractivity contribution in [3.05, 3.63) is 30.0 Å². The Labute approximate surface area is 118 Å². The molecule has 1 N–H and O–H groups in total. The molecule has 1 atom stereocenters. The molecule has 1 unspecified atom stereocenters. The maximum Gasteiger partial charge on any atom is 0.393 e. The van der Waals surface area contributed by atoms with Crippen LogP contribution in [0.25, 0.3) is 10.9 Å². The van der Waals surface area contributed by atoms with Crippen molar-refractivity contribution < 1.29 is 18.0 Å².